The highest BCUT2D eigenvalue weighted by molar-refractivity contribution is 9.10. The van der Waals surface area contributed by atoms with Crippen molar-refractivity contribution >= 4 is 33.2 Å². The molecule has 3 nitrogen and oxygen atoms in total. The van der Waals surface area contributed by atoms with Crippen molar-refractivity contribution in [1.82, 2.24) is 0 Å². The zero-order valence-corrected chi connectivity index (χ0v) is 18.8. The van der Waals surface area contributed by atoms with Crippen LogP contribution in [0.25, 0.3) is 0 Å². The summed E-state index contributed by atoms with van der Waals surface area (Å²) in [6.07, 6.45) is 3.99. The van der Waals surface area contributed by atoms with Gasteiger partial charge in [0, 0.05) is 21.4 Å². The van der Waals surface area contributed by atoms with Gasteiger partial charge in [0.2, 0.25) is 0 Å². The highest BCUT2D eigenvalue weighted by Gasteiger charge is 2.53. The second-order valence-corrected chi connectivity index (χ2v) is 10.2. The summed E-state index contributed by atoms with van der Waals surface area (Å²) in [5, 5.41) is 6.90. The number of carbonyl (C=O) groups excluding carboxylic acids is 1. The van der Waals surface area contributed by atoms with Gasteiger partial charge in [-0.15, -0.1) is 0 Å². The standard InChI is InChI=1S/C27H25BrN2O/c28-20-7-4-8-21(15-20)29-27(31)19-11-12-23-22(14-19)24-17-9-10-18(13-17)25(24)26(30-23)16-5-2-1-3-6-16/h1-8,11-12,14-15,17-18,24-26,30H,9-10,13H2,(H,29,31)/t17-,18-,24-,25-,26-/m0/s1. The van der Waals surface area contributed by atoms with Gasteiger partial charge >= 0.3 is 0 Å². The summed E-state index contributed by atoms with van der Waals surface area (Å²) in [7, 11) is 0. The van der Waals surface area contributed by atoms with E-state index in [4.69, 9.17) is 0 Å². The number of anilines is 2. The first-order valence-electron chi connectivity index (χ1n) is 11.2. The van der Waals surface area contributed by atoms with Crippen LogP contribution in [-0.4, -0.2) is 5.91 Å². The Morgan fingerprint density at radius 3 is 2.61 bits per heavy atom. The Hall–Kier alpha value is -2.59. The summed E-state index contributed by atoms with van der Waals surface area (Å²) in [5.41, 5.74) is 5.46. The van der Waals surface area contributed by atoms with E-state index in [9.17, 15) is 4.79 Å². The van der Waals surface area contributed by atoms with Gasteiger partial charge in [0.25, 0.3) is 5.91 Å². The first-order chi connectivity index (χ1) is 15.2. The molecule has 5 atom stereocenters. The van der Waals surface area contributed by atoms with Crippen LogP contribution in [0.5, 0.6) is 0 Å². The third-order valence-corrected chi connectivity index (χ3v) is 8.08. The molecule has 0 aromatic heterocycles. The molecule has 2 N–H and O–H groups in total. The van der Waals surface area contributed by atoms with Crippen LogP contribution in [0, 0.1) is 17.8 Å². The van der Waals surface area contributed by atoms with Gasteiger partial charge < -0.3 is 10.6 Å². The van der Waals surface area contributed by atoms with Gasteiger partial charge in [0.1, 0.15) is 0 Å². The third-order valence-electron chi connectivity index (χ3n) is 7.59. The quantitative estimate of drug-likeness (QED) is 0.430. The minimum Gasteiger partial charge on any atom is -0.378 e. The average Bonchev–Trinajstić information content (AvgIpc) is 3.42. The fraction of sp³-hybridized carbons (Fsp3) is 0.296. The van der Waals surface area contributed by atoms with E-state index in [2.05, 4.69) is 69.0 Å². The predicted molar refractivity (Wildman–Crippen MR) is 128 cm³/mol. The van der Waals surface area contributed by atoms with Crippen molar-refractivity contribution in [3.05, 3.63) is 94.0 Å². The largest absolute Gasteiger partial charge is 0.378 e. The van der Waals surface area contributed by atoms with Crippen molar-refractivity contribution in [2.75, 3.05) is 10.6 Å². The van der Waals surface area contributed by atoms with Gasteiger partial charge in [0.05, 0.1) is 6.04 Å². The molecular formula is C27H25BrN2O. The Labute approximate surface area is 191 Å². The molecule has 3 aliphatic rings. The zero-order chi connectivity index (χ0) is 20.9. The number of fused-ring (bicyclic) bond motifs is 7. The second-order valence-electron chi connectivity index (χ2n) is 9.24. The van der Waals surface area contributed by atoms with Gasteiger partial charge in [-0.05, 0) is 90.5 Å². The Kier molecular flexibility index (Phi) is 4.64. The molecule has 0 unspecified atom stereocenters. The van der Waals surface area contributed by atoms with Crippen LogP contribution in [0.4, 0.5) is 11.4 Å². The monoisotopic (exact) mass is 472 g/mol. The lowest BCUT2D eigenvalue weighted by molar-refractivity contribution is 0.102. The molecule has 2 aliphatic carbocycles. The molecule has 0 radical (unpaired) electrons. The highest BCUT2D eigenvalue weighted by atomic mass is 79.9. The fourth-order valence-corrected chi connectivity index (χ4v) is 6.79. The topological polar surface area (TPSA) is 41.1 Å². The number of nitrogens with one attached hydrogen (secondary N) is 2. The Bertz CT molecular complexity index is 1140. The molecule has 2 fully saturated rings. The minimum atomic E-state index is -0.0502. The second kappa shape index (κ2) is 7.52. The van der Waals surface area contributed by atoms with E-state index in [0.717, 1.165) is 27.6 Å². The maximum absolute atomic E-state index is 13.0. The van der Waals surface area contributed by atoms with Crippen LogP contribution in [0.1, 0.15) is 52.7 Å². The summed E-state index contributed by atoms with van der Waals surface area (Å²) in [5.74, 6) is 2.62. The lowest BCUT2D eigenvalue weighted by Gasteiger charge is -2.43. The molecule has 3 aromatic carbocycles. The Balaban J connectivity index is 1.35. The number of rotatable bonds is 3. The third kappa shape index (κ3) is 3.28. The summed E-state index contributed by atoms with van der Waals surface area (Å²) < 4.78 is 0.955. The maximum atomic E-state index is 13.0. The molecule has 6 rings (SSSR count). The van der Waals surface area contributed by atoms with Gasteiger partial charge in [0.15, 0.2) is 0 Å². The van der Waals surface area contributed by atoms with Crippen LogP contribution < -0.4 is 10.6 Å². The molecule has 0 spiro atoms. The highest BCUT2D eigenvalue weighted by Crippen LogP contribution is 2.63. The first-order valence-corrected chi connectivity index (χ1v) is 12.0. The molecule has 0 saturated heterocycles. The number of carbonyl (C=O) groups is 1. The van der Waals surface area contributed by atoms with Gasteiger partial charge in [-0.1, -0.05) is 52.3 Å². The lowest BCUT2D eigenvalue weighted by Crippen LogP contribution is -2.35. The van der Waals surface area contributed by atoms with Crippen molar-refractivity contribution in [2.24, 2.45) is 17.8 Å². The average molecular weight is 473 g/mol. The van der Waals surface area contributed by atoms with E-state index in [1.54, 1.807) is 0 Å². The van der Waals surface area contributed by atoms with Crippen molar-refractivity contribution < 1.29 is 4.79 Å². The normalized spacial score (nSPS) is 27.8. The van der Waals surface area contributed by atoms with Crippen molar-refractivity contribution in [1.29, 1.82) is 0 Å². The van der Waals surface area contributed by atoms with Crippen LogP contribution in [0.2, 0.25) is 0 Å². The van der Waals surface area contributed by atoms with Gasteiger partial charge in [-0.25, -0.2) is 0 Å². The fourth-order valence-electron chi connectivity index (χ4n) is 6.39. The molecule has 156 valence electrons. The van der Waals surface area contributed by atoms with E-state index in [1.165, 1.54) is 36.1 Å². The first kappa shape index (κ1) is 19.1. The molecule has 1 amide bonds. The van der Waals surface area contributed by atoms with Crippen molar-refractivity contribution in [3.8, 4) is 0 Å². The Morgan fingerprint density at radius 1 is 0.935 bits per heavy atom. The molecule has 3 aromatic rings. The molecule has 4 heteroatoms. The number of halogens is 1. The van der Waals surface area contributed by atoms with Crippen molar-refractivity contribution in [2.45, 2.75) is 31.2 Å². The SMILES string of the molecule is O=C(Nc1cccc(Br)c1)c1ccc2c(c1)[C@@H]1[C@H]3CC[C@@H](C3)[C@@H]1[C@H](c1ccccc1)N2. The number of benzene rings is 3. The van der Waals surface area contributed by atoms with E-state index in [-0.39, 0.29) is 5.91 Å². The summed E-state index contributed by atoms with van der Waals surface area (Å²) in [4.78, 5) is 13.0. The van der Waals surface area contributed by atoms with E-state index in [1.807, 2.05) is 30.3 Å². The lowest BCUT2D eigenvalue weighted by atomic mass is 9.68. The zero-order valence-electron chi connectivity index (χ0n) is 17.2. The van der Waals surface area contributed by atoms with Crippen LogP contribution >= 0.6 is 15.9 Å². The molecular weight excluding hydrogens is 448 g/mol. The smallest absolute Gasteiger partial charge is 0.255 e. The number of hydrogen-bond acceptors (Lipinski definition) is 2. The van der Waals surface area contributed by atoms with E-state index >= 15 is 0 Å². The molecule has 2 saturated carbocycles. The predicted octanol–water partition coefficient (Wildman–Crippen LogP) is 7.00. The van der Waals surface area contributed by atoms with E-state index in [0.29, 0.717) is 17.9 Å². The van der Waals surface area contributed by atoms with Crippen LogP contribution in [-0.2, 0) is 0 Å². The van der Waals surface area contributed by atoms with Crippen molar-refractivity contribution in [3.63, 3.8) is 0 Å². The summed E-state index contributed by atoms with van der Waals surface area (Å²) in [6, 6.07) is 25.2. The summed E-state index contributed by atoms with van der Waals surface area (Å²) >= 11 is 3.47. The Morgan fingerprint density at radius 2 is 1.77 bits per heavy atom. The van der Waals surface area contributed by atoms with Crippen LogP contribution in [0.3, 0.4) is 0 Å². The maximum Gasteiger partial charge on any atom is 0.255 e. The summed E-state index contributed by atoms with van der Waals surface area (Å²) in [6.45, 7) is 0. The molecule has 1 aliphatic heterocycles. The molecule has 31 heavy (non-hydrogen) atoms. The number of amides is 1. The minimum absolute atomic E-state index is 0.0502. The van der Waals surface area contributed by atoms with Gasteiger partial charge in [-0.3, -0.25) is 4.79 Å². The van der Waals surface area contributed by atoms with E-state index < -0.39 is 0 Å². The number of hydrogen-bond donors (Lipinski definition) is 2. The molecule has 2 bridgehead atoms. The molecule has 1 heterocycles. The van der Waals surface area contributed by atoms with Gasteiger partial charge in [-0.2, -0.15) is 0 Å². The van der Waals surface area contributed by atoms with Crippen LogP contribution in [0.15, 0.2) is 77.3 Å².